The average Bonchev–Trinajstić information content (AvgIpc) is 2.83. The van der Waals surface area contributed by atoms with Gasteiger partial charge in [-0.25, -0.2) is 0 Å². The molecule has 0 aliphatic heterocycles. The zero-order valence-electron chi connectivity index (χ0n) is 10.2. The molecule has 0 radical (unpaired) electrons. The number of ether oxygens (including phenoxy) is 1. The molecule has 0 heterocycles. The topological polar surface area (TPSA) is 35.2 Å². The second-order valence-electron chi connectivity index (χ2n) is 5.46. The van der Waals surface area contributed by atoms with Crippen molar-refractivity contribution >= 4 is 23.2 Å². The van der Waals surface area contributed by atoms with Gasteiger partial charge in [-0.15, -0.1) is 0 Å². The Morgan fingerprint density at radius 2 is 1.94 bits per heavy atom. The van der Waals surface area contributed by atoms with E-state index in [9.17, 15) is 0 Å². The van der Waals surface area contributed by atoms with Crippen LogP contribution in [-0.4, -0.2) is 12.1 Å². The largest absolute Gasteiger partial charge is 0.488 e. The van der Waals surface area contributed by atoms with Crippen molar-refractivity contribution in [2.24, 2.45) is 11.1 Å². The van der Waals surface area contributed by atoms with Crippen molar-refractivity contribution in [1.82, 2.24) is 0 Å². The fourth-order valence-corrected chi connectivity index (χ4v) is 3.85. The summed E-state index contributed by atoms with van der Waals surface area (Å²) in [6.45, 7) is 0. The van der Waals surface area contributed by atoms with E-state index in [0.717, 1.165) is 12.2 Å². The van der Waals surface area contributed by atoms with Gasteiger partial charge in [0.05, 0.1) is 5.02 Å². The molecule has 3 rings (SSSR count). The van der Waals surface area contributed by atoms with E-state index in [4.69, 9.17) is 33.7 Å². The van der Waals surface area contributed by atoms with Crippen molar-refractivity contribution in [3.63, 3.8) is 0 Å². The summed E-state index contributed by atoms with van der Waals surface area (Å²) in [5, 5.41) is 1.21. The third-order valence-corrected chi connectivity index (χ3v) is 5.08. The molecule has 1 aromatic rings. The molecule has 0 amide bonds. The van der Waals surface area contributed by atoms with Gasteiger partial charge in [0.25, 0.3) is 0 Å². The highest BCUT2D eigenvalue weighted by Gasteiger charge is 2.56. The lowest BCUT2D eigenvalue weighted by Crippen LogP contribution is -2.62. The highest BCUT2D eigenvalue weighted by Crippen LogP contribution is 2.54. The molecule has 2 unspecified atom stereocenters. The van der Waals surface area contributed by atoms with Gasteiger partial charge in [0.15, 0.2) is 0 Å². The molecule has 2 atom stereocenters. The zero-order valence-corrected chi connectivity index (χ0v) is 11.7. The van der Waals surface area contributed by atoms with Crippen LogP contribution < -0.4 is 10.5 Å². The standard InChI is InChI=1S/C14H17Cl2NO/c15-9-3-4-11(10(16)7-9)18-13-8-12(17)14(13)5-1-2-6-14/h3-4,7,12-13H,1-2,5-6,8,17H2. The highest BCUT2D eigenvalue weighted by molar-refractivity contribution is 6.35. The van der Waals surface area contributed by atoms with Crippen LogP contribution in [0.2, 0.25) is 10.0 Å². The minimum absolute atomic E-state index is 0.197. The summed E-state index contributed by atoms with van der Waals surface area (Å²) in [7, 11) is 0. The van der Waals surface area contributed by atoms with Gasteiger partial charge in [-0.05, 0) is 31.0 Å². The molecule has 1 spiro atoms. The molecule has 98 valence electrons. The van der Waals surface area contributed by atoms with Crippen molar-refractivity contribution in [1.29, 1.82) is 0 Å². The third kappa shape index (κ3) is 1.91. The van der Waals surface area contributed by atoms with Crippen LogP contribution in [0.15, 0.2) is 18.2 Å². The number of hydrogen-bond donors (Lipinski definition) is 1. The van der Waals surface area contributed by atoms with E-state index in [1.807, 2.05) is 12.1 Å². The van der Waals surface area contributed by atoms with Gasteiger partial charge in [0.2, 0.25) is 0 Å². The fourth-order valence-electron chi connectivity index (χ4n) is 3.39. The van der Waals surface area contributed by atoms with Crippen molar-refractivity contribution in [3.05, 3.63) is 28.2 Å². The summed E-state index contributed by atoms with van der Waals surface area (Å²) in [5.41, 5.74) is 6.39. The monoisotopic (exact) mass is 285 g/mol. The lowest BCUT2D eigenvalue weighted by Gasteiger charge is -2.52. The van der Waals surface area contributed by atoms with Crippen molar-refractivity contribution in [2.45, 2.75) is 44.2 Å². The fraction of sp³-hybridized carbons (Fsp3) is 0.571. The van der Waals surface area contributed by atoms with E-state index < -0.39 is 0 Å². The van der Waals surface area contributed by atoms with Gasteiger partial charge < -0.3 is 10.5 Å². The summed E-state index contributed by atoms with van der Waals surface area (Å²) in [6, 6.07) is 5.66. The Kier molecular flexibility index (Phi) is 3.21. The third-order valence-electron chi connectivity index (χ3n) is 4.55. The summed E-state index contributed by atoms with van der Waals surface area (Å²) in [6.07, 6.45) is 6.05. The molecule has 1 aromatic carbocycles. The maximum atomic E-state index is 6.19. The molecule has 0 saturated heterocycles. The Bertz CT molecular complexity index is 457. The van der Waals surface area contributed by atoms with Gasteiger partial charge in [-0.2, -0.15) is 0 Å². The van der Waals surface area contributed by atoms with Crippen LogP contribution in [0, 0.1) is 5.41 Å². The van der Waals surface area contributed by atoms with Crippen molar-refractivity contribution < 1.29 is 4.74 Å². The Balaban J connectivity index is 1.77. The Morgan fingerprint density at radius 3 is 2.56 bits per heavy atom. The average molecular weight is 286 g/mol. The van der Waals surface area contributed by atoms with E-state index in [2.05, 4.69) is 0 Å². The number of halogens is 2. The molecular formula is C14H17Cl2NO. The molecule has 0 aromatic heterocycles. The van der Waals surface area contributed by atoms with E-state index >= 15 is 0 Å². The van der Waals surface area contributed by atoms with Gasteiger partial charge in [-0.3, -0.25) is 0 Å². The lowest BCUT2D eigenvalue weighted by molar-refractivity contribution is -0.0619. The van der Waals surface area contributed by atoms with Crippen LogP contribution in [0.1, 0.15) is 32.1 Å². The molecule has 2 aliphatic carbocycles. The summed E-state index contributed by atoms with van der Waals surface area (Å²) in [4.78, 5) is 0. The Morgan fingerprint density at radius 1 is 1.22 bits per heavy atom. The van der Waals surface area contributed by atoms with Gasteiger partial charge >= 0.3 is 0 Å². The normalized spacial score (nSPS) is 29.3. The number of benzene rings is 1. The molecule has 4 heteroatoms. The van der Waals surface area contributed by atoms with Crippen LogP contribution in [-0.2, 0) is 0 Å². The quantitative estimate of drug-likeness (QED) is 0.890. The molecule has 0 bridgehead atoms. The van der Waals surface area contributed by atoms with Crippen LogP contribution >= 0.6 is 23.2 Å². The second kappa shape index (κ2) is 4.59. The lowest BCUT2D eigenvalue weighted by atomic mass is 9.61. The summed E-state index contributed by atoms with van der Waals surface area (Å²) in [5.74, 6) is 0.726. The van der Waals surface area contributed by atoms with Gasteiger partial charge in [0.1, 0.15) is 11.9 Å². The first-order valence-corrected chi connectivity index (χ1v) is 7.25. The maximum Gasteiger partial charge on any atom is 0.138 e. The van der Waals surface area contributed by atoms with Crippen LogP contribution in [0.5, 0.6) is 5.75 Å². The maximum absolute atomic E-state index is 6.19. The zero-order chi connectivity index (χ0) is 12.8. The first-order valence-electron chi connectivity index (χ1n) is 6.49. The predicted molar refractivity (Wildman–Crippen MR) is 74.4 cm³/mol. The minimum atomic E-state index is 0.197. The van der Waals surface area contributed by atoms with Crippen LogP contribution in [0.25, 0.3) is 0 Å². The smallest absolute Gasteiger partial charge is 0.138 e. The van der Waals surface area contributed by atoms with E-state index in [0.29, 0.717) is 10.0 Å². The van der Waals surface area contributed by atoms with Crippen LogP contribution in [0.4, 0.5) is 0 Å². The minimum Gasteiger partial charge on any atom is -0.488 e. The first kappa shape index (κ1) is 12.6. The molecular weight excluding hydrogens is 269 g/mol. The molecule has 2 nitrogen and oxygen atoms in total. The van der Waals surface area contributed by atoms with Crippen molar-refractivity contribution in [3.8, 4) is 5.75 Å². The molecule has 18 heavy (non-hydrogen) atoms. The van der Waals surface area contributed by atoms with E-state index in [1.165, 1.54) is 25.7 Å². The molecule has 2 fully saturated rings. The van der Waals surface area contributed by atoms with E-state index in [1.54, 1.807) is 6.07 Å². The Labute approximate surface area is 117 Å². The van der Waals surface area contributed by atoms with Gasteiger partial charge in [-0.1, -0.05) is 36.0 Å². The second-order valence-corrected chi connectivity index (χ2v) is 6.31. The number of hydrogen-bond acceptors (Lipinski definition) is 2. The van der Waals surface area contributed by atoms with Crippen LogP contribution in [0.3, 0.4) is 0 Å². The van der Waals surface area contributed by atoms with E-state index in [-0.39, 0.29) is 17.6 Å². The summed E-state index contributed by atoms with van der Waals surface area (Å²) >= 11 is 12.0. The molecule has 2 N–H and O–H groups in total. The SMILES string of the molecule is NC1CC(Oc2ccc(Cl)cc2Cl)C12CCCC2. The highest BCUT2D eigenvalue weighted by atomic mass is 35.5. The Hall–Kier alpha value is -0.440. The number of rotatable bonds is 2. The first-order chi connectivity index (χ1) is 8.62. The van der Waals surface area contributed by atoms with Crippen molar-refractivity contribution in [2.75, 3.05) is 0 Å². The molecule has 2 aliphatic rings. The predicted octanol–water partition coefficient (Wildman–Crippen LogP) is 4.03. The van der Waals surface area contributed by atoms with Gasteiger partial charge in [0, 0.05) is 22.9 Å². The molecule has 2 saturated carbocycles. The summed E-state index contributed by atoms with van der Waals surface area (Å²) < 4.78 is 6.07. The number of nitrogens with two attached hydrogens (primary N) is 1.